The molecule has 0 aliphatic rings. The fraction of sp³-hybridized carbons (Fsp3) is 0.222. The number of nitrogens with one attached hydrogen (secondary N) is 1. The number of alkyl halides is 1. The number of hydrogen-bond acceptors (Lipinski definition) is 4. The normalized spacial score (nSPS) is 10.4. The van der Waals surface area contributed by atoms with Crippen molar-refractivity contribution in [1.82, 2.24) is 14.8 Å². The van der Waals surface area contributed by atoms with Crippen LogP contribution in [0.25, 0.3) is 0 Å². The van der Waals surface area contributed by atoms with Crippen molar-refractivity contribution in [2.24, 2.45) is 7.05 Å². The number of amides is 1. The fourth-order valence-electron chi connectivity index (χ4n) is 1.13. The number of anilines is 1. The molecule has 0 saturated heterocycles. The molecule has 0 bridgehead atoms. The summed E-state index contributed by atoms with van der Waals surface area (Å²) in [6, 6.07) is 0. The molecular weight excluding hydrogens is 248 g/mol. The number of rotatable bonds is 3. The van der Waals surface area contributed by atoms with Crippen LogP contribution in [0.3, 0.4) is 0 Å². The summed E-state index contributed by atoms with van der Waals surface area (Å²) in [5, 5.41) is 8.96. The third kappa shape index (κ3) is 2.40. The predicted molar refractivity (Wildman–Crippen MR) is 62.8 cm³/mol. The quantitative estimate of drug-likeness (QED) is 0.853. The molecule has 84 valence electrons. The molecule has 0 saturated carbocycles. The van der Waals surface area contributed by atoms with Gasteiger partial charge in [-0.15, -0.1) is 22.9 Å². The van der Waals surface area contributed by atoms with E-state index in [0.717, 1.165) is 5.69 Å². The Labute approximate surface area is 101 Å². The van der Waals surface area contributed by atoms with Gasteiger partial charge in [0.2, 0.25) is 0 Å². The average molecular weight is 257 g/mol. The molecule has 7 heteroatoms. The smallest absolute Gasteiger partial charge is 0.260 e. The van der Waals surface area contributed by atoms with Crippen molar-refractivity contribution in [2.75, 3.05) is 5.32 Å². The molecule has 2 heterocycles. The van der Waals surface area contributed by atoms with Gasteiger partial charge >= 0.3 is 0 Å². The third-order valence-corrected chi connectivity index (χ3v) is 2.96. The van der Waals surface area contributed by atoms with E-state index in [4.69, 9.17) is 11.6 Å². The van der Waals surface area contributed by atoms with Gasteiger partial charge in [0, 0.05) is 18.6 Å². The SMILES string of the molecule is Cn1cc(C(=O)Nc2nc(CCl)cs2)cn1. The Hall–Kier alpha value is -1.40. The zero-order valence-corrected chi connectivity index (χ0v) is 10.0. The van der Waals surface area contributed by atoms with Gasteiger partial charge in [0.25, 0.3) is 5.91 Å². The lowest BCUT2D eigenvalue weighted by Crippen LogP contribution is -2.10. The summed E-state index contributed by atoms with van der Waals surface area (Å²) < 4.78 is 1.57. The monoisotopic (exact) mass is 256 g/mol. The molecule has 1 N–H and O–H groups in total. The van der Waals surface area contributed by atoms with E-state index in [0.29, 0.717) is 16.6 Å². The van der Waals surface area contributed by atoms with Gasteiger partial charge in [-0.1, -0.05) is 0 Å². The van der Waals surface area contributed by atoms with E-state index < -0.39 is 0 Å². The predicted octanol–water partition coefficient (Wildman–Crippen LogP) is 1.87. The number of aromatic nitrogens is 3. The second-order valence-electron chi connectivity index (χ2n) is 3.13. The summed E-state index contributed by atoms with van der Waals surface area (Å²) in [4.78, 5) is 15.8. The maximum Gasteiger partial charge on any atom is 0.260 e. The minimum atomic E-state index is -0.219. The second kappa shape index (κ2) is 4.63. The summed E-state index contributed by atoms with van der Waals surface area (Å²) in [5.41, 5.74) is 1.26. The summed E-state index contributed by atoms with van der Waals surface area (Å²) in [6.07, 6.45) is 3.15. The van der Waals surface area contributed by atoms with Crippen LogP contribution in [0.1, 0.15) is 16.1 Å². The first kappa shape index (κ1) is 11.1. The Morgan fingerprint density at radius 3 is 3.06 bits per heavy atom. The topological polar surface area (TPSA) is 59.8 Å². The molecule has 16 heavy (non-hydrogen) atoms. The summed E-state index contributed by atoms with van der Waals surface area (Å²) in [7, 11) is 1.76. The first-order valence-corrected chi connectivity index (χ1v) is 5.91. The molecule has 2 rings (SSSR count). The van der Waals surface area contributed by atoms with Gasteiger partial charge < -0.3 is 0 Å². The Morgan fingerprint density at radius 1 is 1.69 bits per heavy atom. The molecule has 0 aliphatic heterocycles. The van der Waals surface area contributed by atoms with Crippen LogP contribution in [-0.2, 0) is 12.9 Å². The van der Waals surface area contributed by atoms with Gasteiger partial charge in [-0.25, -0.2) is 4.98 Å². The molecule has 0 fully saturated rings. The second-order valence-corrected chi connectivity index (χ2v) is 4.26. The van der Waals surface area contributed by atoms with Crippen LogP contribution in [0.5, 0.6) is 0 Å². The van der Waals surface area contributed by atoms with Gasteiger partial charge in [0.05, 0.1) is 23.3 Å². The molecule has 2 aromatic rings. The van der Waals surface area contributed by atoms with E-state index in [1.54, 1.807) is 17.9 Å². The number of aryl methyl sites for hydroxylation is 1. The molecule has 0 spiro atoms. The lowest BCUT2D eigenvalue weighted by atomic mass is 10.3. The summed E-state index contributed by atoms with van der Waals surface area (Å²) >= 11 is 6.96. The van der Waals surface area contributed by atoms with E-state index >= 15 is 0 Å². The van der Waals surface area contributed by atoms with Crippen LogP contribution in [0, 0.1) is 0 Å². The maximum absolute atomic E-state index is 11.7. The van der Waals surface area contributed by atoms with Gasteiger partial charge in [-0.05, 0) is 0 Å². The van der Waals surface area contributed by atoms with Crippen molar-refractivity contribution in [3.05, 3.63) is 29.0 Å². The van der Waals surface area contributed by atoms with Crippen LogP contribution in [-0.4, -0.2) is 20.7 Å². The highest BCUT2D eigenvalue weighted by atomic mass is 35.5. The molecule has 0 unspecified atom stereocenters. The van der Waals surface area contributed by atoms with E-state index in [1.165, 1.54) is 17.5 Å². The number of carbonyl (C=O) groups is 1. The first-order valence-electron chi connectivity index (χ1n) is 4.49. The van der Waals surface area contributed by atoms with Gasteiger partial charge in [0.15, 0.2) is 5.13 Å². The van der Waals surface area contributed by atoms with Crippen LogP contribution < -0.4 is 5.32 Å². The summed E-state index contributed by atoms with van der Waals surface area (Å²) in [6.45, 7) is 0. The highest BCUT2D eigenvalue weighted by Gasteiger charge is 2.10. The van der Waals surface area contributed by atoms with Gasteiger partial charge in [-0.2, -0.15) is 5.10 Å². The molecule has 0 aliphatic carbocycles. The standard InChI is InChI=1S/C9H9ClN4OS/c1-14-4-6(3-11-14)8(15)13-9-12-7(2-10)5-16-9/h3-5H,2H2,1H3,(H,12,13,15). The van der Waals surface area contributed by atoms with Crippen molar-refractivity contribution in [1.29, 1.82) is 0 Å². The van der Waals surface area contributed by atoms with Crippen LogP contribution in [0.4, 0.5) is 5.13 Å². The molecule has 0 radical (unpaired) electrons. The Balaban J connectivity index is 2.07. The minimum absolute atomic E-state index is 0.219. The lowest BCUT2D eigenvalue weighted by Gasteiger charge is -1.97. The Morgan fingerprint density at radius 2 is 2.50 bits per heavy atom. The number of halogens is 1. The van der Waals surface area contributed by atoms with Crippen molar-refractivity contribution in [3.63, 3.8) is 0 Å². The molecule has 0 atom stereocenters. The molecule has 2 aromatic heterocycles. The zero-order valence-electron chi connectivity index (χ0n) is 8.48. The number of nitrogens with zero attached hydrogens (tertiary/aromatic N) is 3. The fourth-order valence-corrected chi connectivity index (χ4v) is 2.07. The molecule has 5 nitrogen and oxygen atoms in total. The van der Waals surface area contributed by atoms with Crippen molar-refractivity contribution < 1.29 is 4.79 Å². The van der Waals surface area contributed by atoms with Crippen molar-refractivity contribution >= 4 is 34.0 Å². The molecule has 0 aromatic carbocycles. The van der Waals surface area contributed by atoms with Gasteiger partial charge in [-0.3, -0.25) is 14.8 Å². The van der Waals surface area contributed by atoms with Crippen molar-refractivity contribution in [3.8, 4) is 0 Å². The van der Waals surface area contributed by atoms with Crippen LogP contribution >= 0.6 is 22.9 Å². The van der Waals surface area contributed by atoms with Crippen LogP contribution in [0.2, 0.25) is 0 Å². The Kier molecular flexibility index (Phi) is 3.21. The molecule has 1 amide bonds. The average Bonchev–Trinajstić information content (AvgIpc) is 2.87. The number of thiazole rings is 1. The van der Waals surface area contributed by atoms with Gasteiger partial charge in [0.1, 0.15) is 0 Å². The number of carbonyl (C=O) groups excluding carboxylic acids is 1. The zero-order chi connectivity index (χ0) is 11.5. The van der Waals surface area contributed by atoms with E-state index in [2.05, 4.69) is 15.4 Å². The third-order valence-electron chi connectivity index (χ3n) is 1.88. The molecular formula is C9H9ClN4OS. The lowest BCUT2D eigenvalue weighted by molar-refractivity contribution is 0.102. The minimum Gasteiger partial charge on any atom is -0.298 e. The Bertz CT molecular complexity index is 507. The van der Waals surface area contributed by atoms with Crippen LogP contribution in [0.15, 0.2) is 17.8 Å². The van der Waals surface area contributed by atoms with E-state index in [9.17, 15) is 4.79 Å². The van der Waals surface area contributed by atoms with E-state index in [-0.39, 0.29) is 5.91 Å². The largest absolute Gasteiger partial charge is 0.298 e. The van der Waals surface area contributed by atoms with Crippen molar-refractivity contribution in [2.45, 2.75) is 5.88 Å². The summed E-state index contributed by atoms with van der Waals surface area (Å²) in [5.74, 6) is 0.128. The maximum atomic E-state index is 11.7. The van der Waals surface area contributed by atoms with E-state index in [1.807, 2.05) is 5.38 Å². The first-order chi connectivity index (χ1) is 7.69. The highest BCUT2D eigenvalue weighted by molar-refractivity contribution is 7.14. The highest BCUT2D eigenvalue weighted by Crippen LogP contribution is 2.17. The number of hydrogen-bond donors (Lipinski definition) is 1.